The van der Waals surface area contributed by atoms with Crippen molar-refractivity contribution in [3.8, 4) is 11.1 Å². The summed E-state index contributed by atoms with van der Waals surface area (Å²) in [6, 6.07) is 17.1. The SMILES string of the molecule is Cc1cnc2c(C)c(C)c3cc(-c4ccccc4)ccc3c2n1. The molecule has 0 fully saturated rings. The molecule has 0 radical (unpaired) electrons. The van der Waals surface area contributed by atoms with Crippen LogP contribution in [0.3, 0.4) is 0 Å². The van der Waals surface area contributed by atoms with Crippen LogP contribution in [0.5, 0.6) is 0 Å². The van der Waals surface area contributed by atoms with Gasteiger partial charge in [0.1, 0.15) is 0 Å². The van der Waals surface area contributed by atoms with Crippen molar-refractivity contribution >= 4 is 21.8 Å². The van der Waals surface area contributed by atoms with E-state index in [1.807, 2.05) is 19.2 Å². The molecule has 0 saturated carbocycles. The van der Waals surface area contributed by atoms with Gasteiger partial charge in [-0.05, 0) is 54.5 Å². The largest absolute Gasteiger partial charge is 0.252 e. The van der Waals surface area contributed by atoms with Crippen LogP contribution in [0.4, 0.5) is 0 Å². The van der Waals surface area contributed by atoms with Gasteiger partial charge in [0.15, 0.2) is 0 Å². The predicted molar refractivity (Wildman–Crippen MR) is 96.7 cm³/mol. The fraction of sp³-hybridized carbons (Fsp3) is 0.143. The molecule has 0 aliphatic carbocycles. The lowest BCUT2D eigenvalue weighted by molar-refractivity contribution is 1.18. The van der Waals surface area contributed by atoms with Crippen molar-refractivity contribution in [3.63, 3.8) is 0 Å². The van der Waals surface area contributed by atoms with Gasteiger partial charge in [-0.1, -0.05) is 42.5 Å². The van der Waals surface area contributed by atoms with Crippen molar-refractivity contribution in [2.75, 3.05) is 0 Å². The number of hydrogen-bond acceptors (Lipinski definition) is 2. The number of hydrogen-bond donors (Lipinski definition) is 0. The minimum atomic E-state index is 0.953. The molecule has 2 nitrogen and oxygen atoms in total. The molecule has 0 bridgehead atoms. The summed E-state index contributed by atoms with van der Waals surface area (Å²) in [7, 11) is 0. The van der Waals surface area contributed by atoms with Gasteiger partial charge in [0.25, 0.3) is 0 Å². The summed E-state index contributed by atoms with van der Waals surface area (Å²) in [5, 5.41) is 2.44. The molecule has 23 heavy (non-hydrogen) atoms. The highest BCUT2D eigenvalue weighted by Crippen LogP contribution is 2.33. The Balaban J connectivity index is 2.10. The molecule has 0 N–H and O–H groups in total. The van der Waals surface area contributed by atoms with Crippen molar-refractivity contribution < 1.29 is 0 Å². The average molecular weight is 298 g/mol. The first-order valence-corrected chi connectivity index (χ1v) is 7.87. The molecule has 0 spiro atoms. The van der Waals surface area contributed by atoms with Crippen LogP contribution >= 0.6 is 0 Å². The summed E-state index contributed by atoms with van der Waals surface area (Å²) < 4.78 is 0. The number of fused-ring (bicyclic) bond motifs is 3. The first kappa shape index (κ1) is 13.9. The van der Waals surface area contributed by atoms with E-state index < -0.39 is 0 Å². The highest BCUT2D eigenvalue weighted by molar-refractivity contribution is 6.08. The van der Waals surface area contributed by atoms with Crippen molar-refractivity contribution in [2.24, 2.45) is 0 Å². The molecular weight excluding hydrogens is 280 g/mol. The number of nitrogens with zero attached hydrogens (tertiary/aromatic N) is 2. The second-order valence-corrected chi connectivity index (χ2v) is 6.08. The first-order chi connectivity index (χ1) is 11.1. The average Bonchev–Trinajstić information content (AvgIpc) is 2.60. The first-order valence-electron chi connectivity index (χ1n) is 7.87. The van der Waals surface area contributed by atoms with Crippen LogP contribution in [0.25, 0.3) is 32.9 Å². The Bertz CT molecular complexity index is 1030. The zero-order chi connectivity index (χ0) is 16.0. The predicted octanol–water partition coefficient (Wildman–Crippen LogP) is 5.38. The smallest absolute Gasteiger partial charge is 0.0971 e. The Morgan fingerprint density at radius 3 is 2.26 bits per heavy atom. The summed E-state index contributed by atoms with van der Waals surface area (Å²) >= 11 is 0. The molecule has 1 aromatic heterocycles. The van der Waals surface area contributed by atoms with Crippen LogP contribution in [-0.2, 0) is 0 Å². The maximum atomic E-state index is 4.75. The van der Waals surface area contributed by atoms with Crippen molar-refractivity contribution in [1.29, 1.82) is 0 Å². The Kier molecular flexibility index (Phi) is 3.12. The molecule has 1 heterocycles. The second kappa shape index (κ2) is 5.17. The van der Waals surface area contributed by atoms with Crippen LogP contribution in [0.15, 0.2) is 54.7 Å². The molecule has 0 aliphatic rings. The number of aryl methyl sites for hydroxylation is 3. The minimum absolute atomic E-state index is 0.953. The van der Waals surface area contributed by atoms with Crippen LogP contribution < -0.4 is 0 Å². The quantitative estimate of drug-likeness (QED) is 0.441. The Morgan fingerprint density at radius 2 is 1.48 bits per heavy atom. The van der Waals surface area contributed by atoms with Gasteiger partial charge >= 0.3 is 0 Å². The van der Waals surface area contributed by atoms with Crippen molar-refractivity contribution in [2.45, 2.75) is 20.8 Å². The van der Waals surface area contributed by atoms with Gasteiger partial charge in [-0.2, -0.15) is 0 Å². The molecule has 0 saturated heterocycles. The standard InChI is InChI=1S/C21H18N2/c1-13-12-22-20-15(3)14(2)19-11-17(16-7-5-4-6-8-16)9-10-18(19)21(20)23-13/h4-12H,1-3H3. The van der Waals surface area contributed by atoms with E-state index in [1.165, 1.54) is 33.0 Å². The maximum absolute atomic E-state index is 4.75. The molecule has 112 valence electrons. The summed E-state index contributed by atoms with van der Waals surface area (Å²) in [5.41, 5.74) is 7.93. The van der Waals surface area contributed by atoms with Crippen LogP contribution in [-0.4, -0.2) is 9.97 Å². The van der Waals surface area contributed by atoms with E-state index in [9.17, 15) is 0 Å². The molecule has 2 heteroatoms. The Hall–Kier alpha value is -2.74. The Morgan fingerprint density at radius 1 is 0.696 bits per heavy atom. The van der Waals surface area contributed by atoms with E-state index in [0.717, 1.165) is 16.7 Å². The molecule has 4 aromatic rings. The lowest BCUT2D eigenvalue weighted by Gasteiger charge is -2.12. The lowest BCUT2D eigenvalue weighted by atomic mass is 9.94. The normalized spacial score (nSPS) is 11.3. The second-order valence-electron chi connectivity index (χ2n) is 6.08. The fourth-order valence-electron chi connectivity index (χ4n) is 3.19. The molecule has 4 rings (SSSR count). The zero-order valence-corrected chi connectivity index (χ0v) is 13.6. The molecule has 0 atom stereocenters. The third-order valence-corrected chi connectivity index (χ3v) is 4.60. The number of benzene rings is 3. The van der Waals surface area contributed by atoms with Gasteiger partial charge in [0.2, 0.25) is 0 Å². The summed E-state index contributed by atoms with van der Waals surface area (Å²) in [4.78, 5) is 9.35. The third-order valence-electron chi connectivity index (χ3n) is 4.60. The van der Waals surface area contributed by atoms with Gasteiger partial charge < -0.3 is 0 Å². The fourth-order valence-corrected chi connectivity index (χ4v) is 3.19. The van der Waals surface area contributed by atoms with E-state index in [0.29, 0.717) is 0 Å². The van der Waals surface area contributed by atoms with Crippen molar-refractivity contribution in [3.05, 3.63) is 71.5 Å². The molecule has 0 aliphatic heterocycles. The van der Waals surface area contributed by atoms with Gasteiger partial charge in [0, 0.05) is 11.6 Å². The maximum Gasteiger partial charge on any atom is 0.0971 e. The summed E-state index contributed by atoms with van der Waals surface area (Å²) in [6.45, 7) is 6.30. The highest BCUT2D eigenvalue weighted by atomic mass is 14.8. The third kappa shape index (κ3) is 2.18. The zero-order valence-electron chi connectivity index (χ0n) is 13.6. The van der Waals surface area contributed by atoms with Gasteiger partial charge in [0.05, 0.1) is 16.7 Å². The summed E-state index contributed by atoms with van der Waals surface area (Å²) in [6.07, 6.45) is 1.85. The summed E-state index contributed by atoms with van der Waals surface area (Å²) in [5.74, 6) is 0. The minimum Gasteiger partial charge on any atom is -0.252 e. The molecule has 3 aromatic carbocycles. The highest BCUT2D eigenvalue weighted by Gasteiger charge is 2.12. The van der Waals surface area contributed by atoms with Gasteiger partial charge in [-0.25, -0.2) is 4.98 Å². The molecule has 0 amide bonds. The monoisotopic (exact) mass is 298 g/mol. The van der Waals surface area contributed by atoms with E-state index >= 15 is 0 Å². The van der Waals surface area contributed by atoms with Crippen molar-refractivity contribution in [1.82, 2.24) is 9.97 Å². The van der Waals surface area contributed by atoms with Crippen LogP contribution in [0.1, 0.15) is 16.8 Å². The van der Waals surface area contributed by atoms with E-state index in [1.54, 1.807) is 0 Å². The van der Waals surface area contributed by atoms with E-state index in [2.05, 4.69) is 61.3 Å². The van der Waals surface area contributed by atoms with Gasteiger partial charge in [-0.3, -0.25) is 4.98 Å². The Labute approximate surface area is 135 Å². The molecular formula is C21H18N2. The molecule has 0 unspecified atom stereocenters. The lowest BCUT2D eigenvalue weighted by Crippen LogP contribution is -1.95. The van der Waals surface area contributed by atoms with Gasteiger partial charge in [-0.15, -0.1) is 0 Å². The van der Waals surface area contributed by atoms with Crippen LogP contribution in [0.2, 0.25) is 0 Å². The number of rotatable bonds is 1. The topological polar surface area (TPSA) is 25.8 Å². The van der Waals surface area contributed by atoms with E-state index in [4.69, 9.17) is 4.98 Å². The number of aromatic nitrogens is 2. The van der Waals surface area contributed by atoms with E-state index in [-0.39, 0.29) is 0 Å². The van der Waals surface area contributed by atoms with Crippen LogP contribution in [0, 0.1) is 20.8 Å².